The van der Waals surface area contributed by atoms with Gasteiger partial charge >= 0.3 is 0 Å². The highest BCUT2D eigenvalue weighted by Crippen LogP contribution is 2.27. The SMILES string of the molecule is COCCOc1ccc(-c2cncc3c(N)n[nH]c23)nc1. The maximum atomic E-state index is 5.78. The Morgan fingerprint density at radius 3 is 2.86 bits per heavy atom. The maximum absolute atomic E-state index is 5.78. The Morgan fingerprint density at radius 2 is 2.10 bits per heavy atom. The van der Waals surface area contributed by atoms with Crippen LogP contribution in [-0.4, -0.2) is 40.5 Å². The van der Waals surface area contributed by atoms with E-state index in [-0.39, 0.29) is 0 Å². The molecule has 7 nitrogen and oxygen atoms in total. The highest BCUT2D eigenvalue weighted by molar-refractivity contribution is 5.97. The third-order valence-corrected chi connectivity index (χ3v) is 3.08. The number of aromatic nitrogens is 4. The summed E-state index contributed by atoms with van der Waals surface area (Å²) >= 11 is 0. The summed E-state index contributed by atoms with van der Waals surface area (Å²) in [5.74, 6) is 1.12. The van der Waals surface area contributed by atoms with Gasteiger partial charge in [-0.3, -0.25) is 15.1 Å². The molecule has 7 heteroatoms. The number of anilines is 1. The topological polar surface area (TPSA) is 98.9 Å². The van der Waals surface area contributed by atoms with Crippen molar-refractivity contribution in [3.05, 3.63) is 30.7 Å². The lowest BCUT2D eigenvalue weighted by molar-refractivity contribution is 0.146. The molecule has 3 N–H and O–H groups in total. The second-order valence-corrected chi connectivity index (χ2v) is 4.44. The second-order valence-electron chi connectivity index (χ2n) is 4.44. The minimum absolute atomic E-state index is 0.430. The molecule has 0 bridgehead atoms. The average molecular weight is 285 g/mol. The summed E-state index contributed by atoms with van der Waals surface area (Å²) in [6.45, 7) is 1.03. The number of nitrogens with zero attached hydrogens (tertiary/aromatic N) is 3. The lowest BCUT2D eigenvalue weighted by Gasteiger charge is -2.06. The average Bonchev–Trinajstić information content (AvgIpc) is 2.90. The number of fused-ring (bicyclic) bond motifs is 1. The van der Waals surface area contributed by atoms with E-state index in [2.05, 4.69) is 20.2 Å². The van der Waals surface area contributed by atoms with Gasteiger partial charge in [-0.2, -0.15) is 5.10 Å². The van der Waals surface area contributed by atoms with Gasteiger partial charge in [-0.15, -0.1) is 0 Å². The number of ether oxygens (including phenoxy) is 2. The van der Waals surface area contributed by atoms with Gasteiger partial charge in [-0.25, -0.2) is 0 Å². The molecule has 0 amide bonds. The molecule has 0 saturated carbocycles. The molecule has 0 atom stereocenters. The van der Waals surface area contributed by atoms with Crippen molar-refractivity contribution < 1.29 is 9.47 Å². The number of hydrogen-bond donors (Lipinski definition) is 2. The fourth-order valence-electron chi connectivity index (χ4n) is 2.01. The molecule has 0 radical (unpaired) electrons. The number of pyridine rings is 2. The molecule has 0 aliphatic carbocycles. The third-order valence-electron chi connectivity index (χ3n) is 3.08. The van der Waals surface area contributed by atoms with Gasteiger partial charge in [-0.05, 0) is 12.1 Å². The first-order valence-corrected chi connectivity index (χ1v) is 6.45. The summed E-state index contributed by atoms with van der Waals surface area (Å²) < 4.78 is 10.4. The van der Waals surface area contributed by atoms with E-state index in [1.807, 2.05) is 12.1 Å². The van der Waals surface area contributed by atoms with E-state index < -0.39 is 0 Å². The Morgan fingerprint density at radius 1 is 1.19 bits per heavy atom. The minimum Gasteiger partial charge on any atom is -0.490 e. The smallest absolute Gasteiger partial charge is 0.154 e. The molecule has 3 aromatic heterocycles. The van der Waals surface area contributed by atoms with Gasteiger partial charge in [0.15, 0.2) is 5.82 Å². The molecule has 0 aliphatic rings. The number of nitrogen functional groups attached to an aromatic ring is 1. The molecule has 108 valence electrons. The summed E-state index contributed by atoms with van der Waals surface area (Å²) in [6.07, 6.45) is 5.08. The Kier molecular flexibility index (Phi) is 3.65. The predicted molar refractivity (Wildman–Crippen MR) is 78.9 cm³/mol. The molecule has 3 rings (SSSR count). The van der Waals surface area contributed by atoms with Crippen molar-refractivity contribution in [1.82, 2.24) is 20.2 Å². The van der Waals surface area contributed by atoms with E-state index in [1.165, 1.54) is 0 Å². The summed E-state index contributed by atoms with van der Waals surface area (Å²) in [4.78, 5) is 8.57. The van der Waals surface area contributed by atoms with Gasteiger partial charge in [-0.1, -0.05) is 0 Å². The number of nitrogens with two attached hydrogens (primary N) is 1. The van der Waals surface area contributed by atoms with Crippen LogP contribution in [-0.2, 0) is 4.74 Å². The zero-order chi connectivity index (χ0) is 14.7. The normalized spacial score (nSPS) is 10.9. The van der Waals surface area contributed by atoms with Crippen LogP contribution < -0.4 is 10.5 Å². The quantitative estimate of drug-likeness (QED) is 0.691. The van der Waals surface area contributed by atoms with Crippen LogP contribution in [0.3, 0.4) is 0 Å². The molecular formula is C14H15N5O2. The molecule has 0 unspecified atom stereocenters. The number of hydrogen-bond acceptors (Lipinski definition) is 6. The summed E-state index contributed by atoms with van der Waals surface area (Å²) in [6, 6.07) is 3.73. The van der Waals surface area contributed by atoms with E-state index >= 15 is 0 Å². The summed E-state index contributed by atoms with van der Waals surface area (Å²) in [5.41, 5.74) is 8.22. The molecule has 0 spiro atoms. The van der Waals surface area contributed by atoms with Gasteiger partial charge < -0.3 is 15.2 Å². The monoisotopic (exact) mass is 285 g/mol. The number of rotatable bonds is 5. The lowest BCUT2D eigenvalue weighted by atomic mass is 10.1. The van der Waals surface area contributed by atoms with E-state index in [0.717, 1.165) is 22.2 Å². The van der Waals surface area contributed by atoms with Gasteiger partial charge in [0.05, 0.1) is 29.4 Å². The number of H-pyrrole nitrogens is 1. The van der Waals surface area contributed by atoms with Crippen LogP contribution in [0.15, 0.2) is 30.7 Å². The van der Waals surface area contributed by atoms with Gasteiger partial charge in [0.1, 0.15) is 12.4 Å². The minimum atomic E-state index is 0.430. The van der Waals surface area contributed by atoms with E-state index in [0.29, 0.717) is 24.8 Å². The first-order chi connectivity index (χ1) is 10.3. The molecule has 0 aromatic carbocycles. The molecule has 0 fully saturated rings. The number of methoxy groups -OCH3 is 1. The van der Waals surface area contributed by atoms with E-state index in [1.54, 1.807) is 25.7 Å². The van der Waals surface area contributed by atoms with Crippen LogP contribution >= 0.6 is 0 Å². The number of aromatic amines is 1. The van der Waals surface area contributed by atoms with Crippen molar-refractivity contribution in [2.75, 3.05) is 26.1 Å². The molecular weight excluding hydrogens is 270 g/mol. The molecule has 21 heavy (non-hydrogen) atoms. The standard InChI is InChI=1S/C14H15N5O2/c1-20-4-5-21-9-2-3-12(17-6-9)10-7-16-8-11-13(10)18-19-14(11)15/h2-3,6-8H,4-5H2,1H3,(H3,15,18,19). The lowest BCUT2D eigenvalue weighted by Crippen LogP contribution is -2.04. The van der Waals surface area contributed by atoms with Crippen molar-refractivity contribution in [3.63, 3.8) is 0 Å². The fraction of sp³-hybridized carbons (Fsp3) is 0.214. The van der Waals surface area contributed by atoms with Crippen LogP contribution in [0.4, 0.5) is 5.82 Å². The van der Waals surface area contributed by atoms with Gasteiger partial charge in [0.25, 0.3) is 0 Å². The largest absolute Gasteiger partial charge is 0.490 e. The summed E-state index contributed by atoms with van der Waals surface area (Å²) in [5, 5.41) is 7.69. The Labute approximate surface area is 121 Å². The van der Waals surface area contributed by atoms with Crippen molar-refractivity contribution >= 4 is 16.7 Å². The van der Waals surface area contributed by atoms with Crippen molar-refractivity contribution in [3.8, 4) is 17.0 Å². The van der Waals surface area contributed by atoms with E-state index in [9.17, 15) is 0 Å². The first kappa shape index (κ1) is 13.3. The zero-order valence-corrected chi connectivity index (χ0v) is 11.5. The Balaban J connectivity index is 1.89. The highest BCUT2D eigenvalue weighted by Gasteiger charge is 2.10. The first-order valence-electron chi connectivity index (χ1n) is 6.45. The zero-order valence-electron chi connectivity index (χ0n) is 11.5. The van der Waals surface area contributed by atoms with Gasteiger partial charge in [0.2, 0.25) is 0 Å². The van der Waals surface area contributed by atoms with Crippen LogP contribution in [0.2, 0.25) is 0 Å². The molecule has 3 aromatic rings. The van der Waals surface area contributed by atoms with E-state index in [4.69, 9.17) is 15.2 Å². The second kappa shape index (κ2) is 5.76. The van der Waals surface area contributed by atoms with Crippen molar-refractivity contribution in [2.24, 2.45) is 0 Å². The molecule has 0 saturated heterocycles. The van der Waals surface area contributed by atoms with Crippen molar-refractivity contribution in [1.29, 1.82) is 0 Å². The highest BCUT2D eigenvalue weighted by atomic mass is 16.5. The fourth-order valence-corrected chi connectivity index (χ4v) is 2.01. The third kappa shape index (κ3) is 2.63. The van der Waals surface area contributed by atoms with Crippen LogP contribution in [0.25, 0.3) is 22.2 Å². The van der Waals surface area contributed by atoms with Crippen LogP contribution in [0, 0.1) is 0 Å². The Bertz CT molecular complexity index is 739. The van der Waals surface area contributed by atoms with Crippen molar-refractivity contribution in [2.45, 2.75) is 0 Å². The van der Waals surface area contributed by atoms with Crippen LogP contribution in [0.5, 0.6) is 5.75 Å². The van der Waals surface area contributed by atoms with Crippen LogP contribution in [0.1, 0.15) is 0 Å². The Hall–Kier alpha value is -2.67. The van der Waals surface area contributed by atoms with Gasteiger partial charge in [0, 0.05) is 25.1 Å². The maximum Gasteiger partial charge on any atom is 0.154 e. The number of nitrogens with one attached hydrogen (secondary N) is 1. The molecule has 3 heterocycles. The summed E-state index contributed by atoms with van der Waals surface area (Å²) in [7, 11) is 1.63. The predicted octanol–water partition coefficient (Wildman–Crippen LogP) is 1.63. The molecule has 0 aliphatic heterocycles.